The van der Waals surface area contributed by atoms with Gasteiger partial charge in [-0.1, -0.05) is 65.7 Å². The fraction of sp³-hybridized carbons (Fsp3) is 0.375. The number of esters is 1. The summed E-state index contributed by atoms with van der Waals surface area (Å²) in [5.74, 6) is -2.14. The van der Waals surface area contributed by atoms with Gasteiger partial charge < -0.3 is 14.8 Å². The molecule has 1 amide bonds. The molecular weight excluding hydrogens is 597 g/mol. The summed E-state index contributed by atoms with van der Waals surface area (Å²) in [7, 11) is 0. The molecule has 0 aliphatic carbocycles. The van der Waals surface area contributed by atoms with Crippen LogP contribution in [0, 0.1) is 18.7 Å². The third kappa shape index (κ3) is 10.7. The van der Waals surface area contributed by atoms with Crippen molar-refractivity contribution < 1.29 is 36.4 Å². The van der Waals surface area contributed by atoms with Crippen LogP contribution in [0.2, 0.25) is 5.02 Å². The number of nitrogens with one attached hydrogen (secondary N) is 1. The zero-order valence-corrected chi connectivity index (χ0v) is 26.3. The van der Waals surface area contributed by atoms with Gasteiger partial charge in [0.05, 0.1) is 12.5 Å². The average molecular weight is 634 g/mol. The fourth-order valence-electron chi connectivity index (χ4n) is 4.59. The molecule has 4 atom stereocenters. The fourth-order valence-corrected chi connectivity index (χ4v) is 5.18. The van der Waals surface area contributed by atoms with Crippen molar-refractivity contribution in [2.75, 3.05) is 6.61 Å². The molecule has 8 nitrogen and oxygen atoms in total. The Morgan fingerprint density at radius 1 is 1.05 bits per heavy atom. The predicted octanol–water partition coefficient (Wildman–Crippen LogP) is 7.35. The molecule has 232 valence electrons. The Bertz CT molecular complexity index is 1410. The normalized spacial score (nSPS) is 14.3. The number of alkyl carbamates (subject to hydrolysis) is 1. The van der Waals surface area contributed by atoms with Gasteiger partial charge in [0.25, 0.3) is 0 Å². The summed E-state index contributed by atoms with van der Waals surface area (Å²) in [5, 5.41) is 3.24. The molecule has 0 saturated carbocycles. The van der Waals surface area contributed by atoms with E-state index >= 15 is 0 Å². The van der Waals surface area contributed by atoms with Crippen LogP contribution in [0.15, 0.2) is 66.7 Å². The highest BCUT2D eigenvalue weighted by atomic mass is 35.5. The van der Waals surface area contributed by atoms with E-state index in [1.165, 1.54) is 12.1 Å². The van der Waals surface area contributed by atoms with E-state index in [-0.39, 0.29) is 19.4 Å². The Balaban J connectivity index is 1.97. The summed E-state index contributed by atoms with van der Waals surface area (Å²) < 4.78 is 52.2. The lowest BCUT2D eigenvalue weighted by Crippen LogP contribution is -2.43. The van der Waals surface area contributed by atoms with Crippen molar-refractivity contribution in [2.24, 2.45) is 5.92 Å². The zero-order valence-electron chi connectivity index (χ0n) is 24.8. The SMILES string of the molecule is CCOC(=O)[C@@H](C[C@@H](Cc1ccc(-c2cc(Cl)ccc2F)cc1)NC(=O)OC(C)(C)C)C(OS(=O)O)c1ccc(C)cc1. The highest BCUT2D eigenvalue weighted by Gasteiger charge is 2.36. The predicted molar refractivity (Wildman–Crippen MR) is 164 cm³/mol. The van der Waals surface area contributed by atoms with E-state index in [9.17, 15) is 22.7 Å². The number of aryl methyl sites for hydroxylation is 1. The maximum absolute atomic E-state index is 14.4. The first-order valence-corrected chi connectivity index (χ1v) is 15.2. The summed E-state index contributed by atoms with van der Waals surface area (Å²) in [4.78, 5) is 26.2. The van der Waals surface area contributed by atoms with Crippen molar-refractivity contribution in [1.82, 2.24) is 5.32 Å². The molecular formula is C32H37ClFNO7S. The number of hydrogen-bond donors (Lipinski definition) is 2. The molecule has 0 fully saturated rings. The van der Waals surface area contributed by atoms with Gasteiger partial charge in [0.1, 0.15) is 17.5 Å². The van der Waals surface area contributed by atoms with E-state index in [2.05, 4.69) is 5.32 Å². The van der Waals surface area contributed by atoms with Gasteiger partial charge in [-0.05, 0) is 82.3 Å². The largest absolute Gasteiger partial charge is 0.466 e. The van der Waals surface area contributed by atoms with Crippen LogP contribution in [0.4, 0.5) is 9.18 Å². The molecule has 2 unspecified atom stereocenters. The Hall–Kier alpha value is -3.31. The number of amides is 1. The quantitative estimate of drug-likeness (QED) is 0.158. The van der Waals surface area contributed by atoms with E-state index < -0.39 is 52.9 Å². The van der Waals surface area contributed by atoms with Crippen LogP contribution in [-0.4, -0.2) is 39.1 Å². The number of halogens is 2. The summed E-state index contributed by atoms with van der Waals surface area (Å²) in [6.45, 7) is 8.81. The van der Waals surface area contributed by atoms with Gasteiger partial charge in [-0.15, -0.1) is 0 Å². The summed E-state index contributed by atoms with van der Waals surface area (Å²) in [6, 6.07) is 17.7. The summed E-state index contributed by atoms with van der Waals surface area (Å²) in [5.41, 5.74) is 2.40. The second kappa shape index (κ2) is 15.4. The van der Waals surface area contributed by atoms with Crippen molar-refractivity contribution in [3.8, 4) is 11.1 Å². The monoisotopic (exact) mass is 633 g/mol. The first kappa shape index (κ1) is 34.2. The lowest BCUT2D eigenvalue weighted by Gasteiger charge is -2.29. The van der Waals surface area contributed by atoms with Crippen molar-refractivity contribution in [3.63, 3.8) is 0 Å². The molecule has 0 saturated heterocycles. The number of hydrogen-bond acceptors (Lipinski definition) is 6. The molecule has 0 heterocycles. The van der Waals surface area contributed by atoms with Crippen molar-refractivity contribution in [1.29, 1.82) is 0 Å². The Morgan fingerprint density at radius 3 is 2.28 bits per heavy atom. The molecule has 43 heavy (non-hydrogen) atoms. The van der Waals surface area contributed by atoms with E-state index in [0.29, 0.717) is 21.7 Å². The van der Waals surface area contributed by atoms with Gasteiger partial charge in [0.15, 0.2) is 0 Å². The number of ether oxygens (including phenoxy) is 2. The Labute approximate surface area is 259 Å². The highest BCUT2D eigenvalue weighted by Crippen LogP contribution is 2.33. The first-order valence-electron chi connectivity index (χ1n) is 13.8. The van der Waals surface area contributed by atoms with Crippen molar-refractivity contribution in [3.05, 3.63) is 94.3 Å². The maximum Gasteiger partial charge on any atom is 0.407 e. The van der Waals surface area contributed by atoms with Gasteiger partial charge in [-0.2, -0.15) is 4.21 Å². The molecule has 0 spiro atoms. The third-order valence-corrected chi connectivity index (χ3v) is 7.09. The number of carbonyl (C=O) groups excluding carboxylic acids is 2. The lowest BCUT2D eigenvalue weighted by atomic mass is 9.87. The molecule has 0 aliphatic rings. The average Bonchev–Trinajstić information content (AvgIpc) is 2.92. The number of rotatable bonds is 12. The highest BCUT2D eigenvalue weighted by molar-refractivity contribution is 7.74. The smallest absolute Gasteiger partial charge is 0.407 e. The molecule has 0 aliphatic heterocycles. The van der Waals surface area contributed by atoms with Crippen LogP contribution in [0.3, 0.4) is 0 Å². The third-order valence-electron chi connectivity index (χ3n) is 6.48. The van der Waals surface area contributed by atoms with E-state index in [1.807, 2.05) is 6.92 Å². The van der Waals surface area contributed by atoms with Gasteiger partial charge in [0, 0.05) is 16.6 Å². The van der Waals surface area contributed by atoms with E-state index in [1.54, 1.807) is 82.3 Å². The molecule has 0 bridgehead atoms. The van der Waals surface area contributed by atoms with Crippen molar-refractivity contribution in [2.45, 2.75) is 65.2 Å². The molecule has 2 N–H and O–H groups in total. The van der Waals surface area contributed by atoms with Crippen molar-refractivity contribution >= 4 is 35.0 Å². The van der Waals surface area contributed by atoms with Crippen LogP contribution < -0.4 is 5.32 Å². The van der Waals surface area contributed by atoms with E-state index in [4.69, 9.17) is 25.3 Å². The van der Waals surface area contributed by atoms with Crippen LogP contribution in [0.5, 0.6) is 0 Å². The minimum atomic E-state index is -2.70. The Morgan fingerprint density at radius 2 is 1.70 bits per heavy atom. The van der Waals surface area contributed by atoms with Gasteiger partial charge >= 0.3 is 23.4 Å². The van der Waals surface area contributed by atoms with Gasteiger partial charge in [-0.3, -0.25) is 13.5 Å². The standard InChI is InChI=1S/C32H37ClFNO7S/c1-6-40-30(36)27(29(42-43(38)39)23-11-7-20(2)8-12-23)19-25(35-31(37)41-32(3,4)5)17-21-9-13-22(14-10-21)26-18-24(33)15-16-28(26)34/h7-16,18,25,27,29H,6,17,19H2,1-5H3,(H,35,37)(H,38,39)/t25-,27+,29?/m1/s1. The first-order chi connectivity index (χ1) is 20.3. The van der Waals surface area contributed by atoms with Gasteiger partial charge in [0.2, 0.25) is 0 Å². The minimum absolute atomic E-state index is 0.0154. The second-order valence-electron chi connectivity index (χ2n) is 11.1. The van der Waals surface area contributed by atoms with E-state index in [0.717, 1.165) is 11.1 Å². The second-order valence-corrected chi connectivity index (χ2v) is 12.2. The topological polar surface area (TPSA) is 111 Å². The zero-order chi connectivity index (χ0) is 31.7. The lowest BCUT2D eigenvalue weighted by molar-refractivity contribution is -0.152. The molecule has 0 radical (unpaired) electrons. The van der Waals surface area contributed by atoms with Gasteiger partial charge in [-0.25, -0.2) is 9.18 Å². The van der Waals surface area contributed by atoms with Crippen LogP contribution in [-0.2, 0) is 36.2 Å². The van der Waals surface area contributed by atoms with Crippen LogP contribution >= 0.6 is 11.6 Å². The van der Waals surface area contributed by atoms with Crippen LogP contribution in [0.25, 0.3) is 11.1 Å². The minimum Gasteiger partial charge on any atom is -0.466 e. The maximum atomic E-state index is 14.4. The molecule has 11 heteroatoms. The summed E-state index contributed by atoms with van der Waals surface area (Å²) in [6.07, 6.45) is -1.62. The van der Waals surface area contributed by atoms with Crippen LogP contribution in [0.1, 0.15) is 56.9 Å². The summed E-state index contributed by atoms with van der Waals surface area (Å²) >= 11 is 3.36. The molecule has 3 aromatic rings. The molecule has 3 rings (SSSR count). The Kier molecular flexibility index (Phi) is 12.3. The molecule has 3 aromatic carbocycles. The molecule has 0 aromatic heterocycles. The number of benzene rings is 3. The number of carbonyl (C=O) groups is 2.